The Hall–Kier alpha value is -1.62. The number of aliphatic hydroxyl groups excluding tert-OH is 1. The molecule has 0 saturated heterocycles. The number of rotatable bonds is 4. The van der Waals surface area contributed by atoms with Crippen LogP contribution in [0.2, 0.25) is 0 Å². The van der Waals surface area contributed by atoms with Crippen molar-refractivity contribution in [2.24, 2.45) is 0 Å². The molecule has 2 N–H and O–H groups in total. The molecule has 5 nitrogen and oxygen atoms in total. The van der Waals surface area contributed by atoms with Crippen molar-refractivity contribution < 1.29 is 9.90 Å². The Kier molecular flexibility index (Phi) is 4.45. The minimum Gasteiger partial charge on any atom is -0.396 e. The van der Waals surface area contributed by atoms with E-state index in [1.807, 2.05) is 0 Å². The summed E-state index contributed by atoms with van der Waals surface area (Å²) in [6.45, 7) is 3.98. The van der Waals surface area contributed by atoms with Gasteiger partial charge in [-0.15, -0.1) is 0 Å². The number of hydrogen-bond donors (Lipinski definition) is 2. The highest BCUT2D eigenvalue weighted by Gasteiger charge is 2.17. The third kappa shape index (κ3) is 3.17. The number of hydrogen-bond acceptors (Lipinski definition) is 3. The maximum atomic E-state index is 12.0. The predicted molar refractivity (Wildman–Crippen MR) is 65.2 cm³/mol. The van der Waals surface area contributed by atoms with Crippen molar-refractivity contribution in [3.8, 4) is 0 Å². The van der Waals surface area contributed by atoms with Gasteiger partial charge in [-0.25, -0.2) is 0 Å². The van der Waals surface area contributed by atoms with Crippen LogP contribution < -0.4 is 5.56 Å². The number of carbonyl (C=O) groups excluding carboxylic acids is 1. The van der Waals surface area contributed by atoms with Gasteiger partial charge in [-0.05, 0) is 31.9 Å². The van der Waals surface area contributed by atoms with Gasteiger partial charge in [0.1, 0.15) is 5.56 Å². The lowest BCUT2D eigenvalue weighted by atomic mass is 10.1. The summed E-state index contributed by atoms with van der Waals surface area (Å²) < 4.78 is 0. The zero-order valence-corrected chi connectivity index (χ0v) is 10.4. The van der Waals surface area contributed by atoms with E-state index in [2.05, 4.69) is 4.98 Å². The van der Waals surface area contributed by atoms with Gasteiger partial charge >= 0.3 is 0 Å². The molecular weight excluding hydrogens is 220 g/mol. The quantitative estimate of drug-likeness (QED) is 0.799. The van der Waals surface area contributed by atoms with Crippen molar-refractivity contribution in [1.29, 1.82) is 0 Å². The van der Waals surface area contributed by atoms with Crippen molar-refractivity contribution in [2.75, 3.05) is 20.2 Å². The number of H-pyrrole nitrogens is 1. The first kappa shape index (κ1) is 13.4. The van der Waals surface area contributed by atoms with E-state index < -0.39 is 0 Å². The second-order valence-electron chi connectivity index (χ2n) is 4.14. The van der Waals surface area contributed by atoms with Gasteiger partial charge < -0.3 is 15.0 Å². The molecule has 1 rings (SSSR count). The number of aliphatic hydroxyl groups is 1. The van der Waals surface area contributed by atoms with Gasteiger partial charge in [0.15, 0.2) is 0 Å². The smallest absolute Gasteiger partial charge is 0.261 e. The zero-order chi connectivity index (χ0) is 13.0. The maximum Gasteiger partial charge on any atom is 0.261 e. The van der Waals surface area contributed by atoms with Crippen LogP contribution in [0.4, 0.5) is 0 Å². The number of nitrogens with one attached hydrogen (secondary N) is 1. The Balaban J connectivity index is 3.00. The summed E-state index contributed by atoms with van der Waals surface area (Å²) in [5, 5.41) is 8.71. The molecule has 0 bridgehead atoms. The van der Waals surface area contributed by atoms with E-state index in [0.29, 0.717) is 18.5 Å². The molecule has 0 radical (unpaired) electrons. The Labute approximate surface area is 100 Å². The summed E-state index contributed by atoms with van der Waals surface area (Å²) >= 11 is 0. The van der Waals surface area contributed by atoms with Crippen LogP contribution in [0.25, 0.3) is 0 Å². The molecule has 1 aromatic rings. The number of carbonyl (C=O) groups is 1. The SMILES string of the molecule is Cc1cc(C)c(C(=O)N(C)CCCO)c(=O)[nH]1. The van der Waals surface area contributed by atoms with Crippen LogP contribution in [0.15, 0.2) is 10.9 Å². The highest BCUT2D eigenvalue weighted by atomic mass is 16.3. The monoisotopic (exact) mass is 238 g/mol. The Morgan fingerprint density at radius 2 is 2.12 bits per heavy atom. The van der Waals surface area contributed by atoms with Crippen LogP contribution >= 0.6 is 0 Å². The number of aryl methyl sites for hydroxylation is 2. The number of amides is 1. The molecule has 17 heavy (non-hydrogen) atoms. The van der Waals surface area contributed by atoms with E-state index in [9.17, 15) is 9.59 Å². The van der Waals surface area contributed by atoms with Crippen LogP contribution in [-0.2, 0) is 0 Å². The van der Waals surface area contributed by atoms with Crippen molar-refractivity contribution in [2.45, 2.75) is 20.3 Å². The standard InChI is InChI=1S/C12H18N2O3/c1-8-7-9(2)13-11(16)10(8)12(17)14(3)5-4-6-15/h7,15H,4-6H2,1-3H3,(H,13,16). The summed E-state index contributed by atoms with van der Waals surface area (Å²) in [5.41, 5.74) is 1.23. The zero-order valence-electron chi connectivity index (χ0n) is 10.4. The van der Waals surface area contributed by atoms with Gasteiger partial charge in [0, 0.05) is 25.9 Å². The molecule has 0 aliphatic heterocycles. The Morgan fingerprint density at radius 1 is 1.47 bits per heavy atom. The van der Waals surface area contributed by atoms with Crippen LogP contribution in [0.5, 0.6) is 0 Å². The number of pyridine rings is 1. The first-order valence-corrected chi connectivity index (χ1v) is 5.54. The fourth-order valence-corrected chi connectivity index (χ4v) is 1.72. The largest absolute Gasteiger partial charge is 0.396 e. The van der Waals surface area contributed by atoms with E-state index in [1.165, 1.54) is 4.90 Å². The number of aromatic amines is 1. The molecule has 94 valence electrons. The molecule has 1 amide bonds. The summed E-state index contributed by atoms with van der Waals surface area (Å²) in [6.07, 6.45) is 0.505. The number of nitrogens with zero attached hydrogens (tertiary/aromatic N) is 1. The van der Waals surface area contributed by atoms with Gasteiger partial charge in [-0.3, -0.25) is 9.59 Å². The first-order chi connectivity index (χ1) is 7.97. The van der Waals surface area contributed by atoms with Gasteiger partial charge in [-0.1, -0.05) is 0 Å². The predicted octanol–water partition coefficient (Wildman–Crippen LogP) is 0.446. The van der Waals surface area contributed by atoms with E-state index in [4.69, 9.17) is 5.11 Å². The normalized spacial score (nSPS) is 10.4. The Bertz CT molecular complexity index is 465. The minimum absolute atomic E-state index is 0.0286. The van der Waals surface area contributed by atoms with Gasteiger partial charge in [0.05, 0.1) is 0 Å². The molecule has 0 spiro atoms. The number of aromatic nitrogens is 1. The minimum atomic E-state index is -0.358. The third-order valence-corrected chi connectivity index (χ3v) is 2.58. The van der Waals surface area contributed by atoms with Crippen LogP contribution in [0.1, 0.15) is 28.0 Å². The first-order valence-electron chi connectivity index (χ1n) is 5.54. The lowest BCUT2D eigenvalue weighted by molar-refractivity contribution is 0.0784. The van der Waals surface area contributed by atoms with Crippen LogP contribution in [0, 0.1) is 13.8 Å². The highest BCUT2D eigenvalue weighted by molar-refractivity contribution is 5.95. The molecule has 0 aliphatic rings. The molecule has 0 atom stereocenters. The van der Waals surface area contributed by atoms with Gasteiger partial charge in [-0.2, -0.15) is 0 Å². The second kappa shape index (κ2) is 5.63. The molecule has 0 aromatic carbocycles. The lowest BCUT2D eigenvalue weighted by Gasteiger charge is -2.17. The lowest BCUT2D eigenvalue weighted by Crippen LogP contribution is -2.33. The fourth-order valence-electron chi connectivity index (χ4n) is 1.72. The average Bonchev–Trinajstić information content (AvgIpc) is 2.24. The molecule has 1 heterocycles. The maximum absolute atomic E-state index is 12.0. The summed E-state index contributed by atoms with van der Waals surface area (Å²) in [5.74, 6) is -0.308. The molecule has 0 unspecified atom stereocenters. The molecular formula is C12H18N2O3. The summed E-state index contributed by atoms with van der Waals surface area (Å²) in [4.78, 5) is 27.8. The van der Waals surface area contributed by atoms with E-state index in [1.54, 1.807) is 27.0 Å². The van der Waals surface area contributed by atoms with Crippen LogP contribution in [-0.4, -0.2) is 41.1 Å². The Morgan fingerprint density at radius 3 is 2.65 bits per heavy atom. The van der Waals surface area contributed by atoms with Crippen molar-refractivity contribution in [1.82, 2.24) is 9.88 Å². The second-order valence-corrected chi connectivity index (χ2v) is 4.14. The van der Waals surface area contributed by atoms with Crippen molar-refractivity contribution >= 4 is 5.91 Å². The molecule has 5 heteroatoms. The molecule has 0 fully saturated rings. The van der Waals surface area contributed by atoms with Crippen LogP contribution in [0.3, 0.4) is 0 Å². The summed E-state index contributed by atoms with van der Waals surface area (Å²) in [6, 6.07) is 1.77. The van der Waals surface area contributed by atoms with E-state index in [-0.39, 0.29) is 23.6 Å². The van der Waals surface area contributed by atoms with Crippen molar-refractivity contribution in [3.63, 3.8) is 0 Å². The molecule has 0 saturated carbocycles. The fraction of sp³-hybridized carbons (Fsp3) is 0.500. The molecule has 1 aromatic heterocycles. The average molecular weight is 238 g/mol. The van der Waals surface area contributed by atoms with E-state index >= 15 is 0 Å². The van der Waals surface area contributed by atoms with Gasteiger partial charge in [0.25, 0.3) is 11.5 Å². The topological polar surface area (TPSA) is 73.4 Å². The van der Waals surface area contributed by atoms with Gasteiger partial charge in [0.2, 0.25) is 0 Å². The summed E-state index contributed by atoms with van der Waals surface area (Å²) in [7, 11) is 1.62. The molecule has 0 aliphatic carbocycles. The third-order valence-electron chi connectivity index (χ3n) is 2.58. The van der Waals surface area contributed by atoms with Crippen molar-refractivity contribution in [3.05, 3.63) is 33.2 Å². The van der Waals surface area contributed by atoms with E-state index in [0.717, 1.165) is 5.69 Å². The highest BCUT2D eigenvalue weighted by Crippen LogP contribution is 2.06.